The molecule has 1 aromatic carbocycles. The van der Waals surface area contributed by atoms with Crippen LogP contribution in [0.15, 0.2) is 24.5 Å². The van der Waals surface area contributed by atoms with E-state index in [2.05, 4.69) is 15.3 Å². The van der Waals surface area contributed by atoms with E-state index in [-0.39, 0.29) is 5.92 Å². The Labute approximate surface area is 122 Å². The molecule has 0 atom stereocenters. The van der Waals surface area contributed by atoms with Gasteiger partial charge in [-0.15, -0.1) is 0 Å². The van der Waals surface area contributed by atoms with E-state index in [1.54, 1.807) is 18.2 Å². The third kappa shape index (κ3) is 3.08. The van der Waals surface area contributed by atoms with Crippen molar-refractivity contribution in [3.63, 3.8) is 0 Å². The Morgan fingerprint density at radius 1 is 1.21 bits per heavy atom. The molecule has 19 heavy (non-hydrogen) atoms. The molecule has 2 rings (SSSR count). The van der Waals surface area contributed by atoms with Crippen LogP contribution in [0.1, 0.15) is 25.3 Å². The molecule has 0 amide bonds. The van der Waals surface area contributed by atoms with Crippen LogP contribution in [0.4, 0.5) is 17.3 Å². The third-order valence-electron chi connectivity index (χ3n) is 2.67. The van der Waals surface area contributed by atoms with Crippen molar-refractivity contribution in [2.45, 2.75) is 19.8 Å². The zero-order chi connectivity index (χ0) is 14.0. The average Bonchev–Trinajstić information content (AvgIpc) is 2.33. The minimum atomic E-state index is 0.196. The molecule has 0 saturated heterocycles. The molecule has 4 nitrogen and oxygen atoms in total. The summed E-state index contributed by atoms with van der Waals surface area (Å²) in [5.41, 5.74) is 7.44. The van der Waals surface area contributed by atoms with Gasteiger partial charge in [0.1, 0.15) is 18.0 Å². The fourth-order valence-corrected chi connectivity index (χ4v) is 2.14. The van der Waals surface area contributed by atoms with Gasteiger partial charge in [0.25, 0.3) is 0 Å². The summed E-state index contributed by atoms with van der Waals surface area (Å²) in [7, 11) is 0. The highest BCUT2D eigenvalue weighted by Gasteiger charge is 2.14. The van der Waals surface area contributed by atoms with E-state index in [9.17, 15) is 0 Å². The average molecular weight is 297 g/mol. The number of aromatic nitrogens is 2. The van der Waals surface area contributed by atoms with Crippen LogP contribution < -0.4 is 11.1 Å². The molecule has 0 spiro atoms. The number of nitrogens with two attached hydrogens (primary N) is 1. The Kier molecular flexibility index (Phi) is 4.12. The number of anilines is 3. The largest absolute Gasteiger partial charge is 0.383 e. The first kappa shape index (κ1) is 13.9. The van der Waals surface area contributed by atoms with E-state index in [4.69, 9.17) is 28.9 Å². The topological polar surface area (TPSA) is 63.8 Å². The summed E-state index contributed by atoms with van der Waals surface area (Å²) in [5, 5.41) is 4.32. The van der Waals surface area contributed by atoms with Gasteiger partial charge in [-0.2, -0.15) is 0 Å². The van der Waals surface area contributed by atoms with Crippen molar-refractivity contribution in [3.8, 4) is 0 Å². The van der Waals surface area contributed by atoms with E-state index in [0.29, 0.717) is 27.4 Å². The number of nitrogen functional groups attached to an aromatic ring is 1. The maximum absolute atomic E-state index is 6.12. The van der Waals surface area contributed by atoms with Crippen LogP contribution in [0.25, 0.3) is 0 Å². The van der Waals surface area contributed by atoms with Crippen LogP contribution in [0.5, 0.6) is 0 Å². The number of halogens is 2. The lowest BCUT2D eigenvalue weighted by atomic mass is 10.0. The molecular formula is C13H14Cl2N4. The molecule has 0 aliphatic rings. The predicted molar refractivity (Wildman–Crippen MR) is 80.3 cm³/mol. The van der Waals surface area contributed by atoms with E-state index < -0.39 is 0 Å². The summed E-state index contributed by atoms with van der Waals surface area (Å²) in [5.74, 6) is 1.30. The van der Waals surface area contributed by atoms with Gasteiger partial charge in [0.15, 0.2) is 0 Å². The lowest BCUT2D eigenvalue weighted by molar-refractivity contribution is 0.855. The van der Waals surface area contributed by atoms with Crippen LogP contribution in [0, 0.1) is 0 Å². The molecule has 2 aromatic rings. The Bertz CT molecular complexity index is 599. The van der Waals surface area contributed by atoms with Crippen molar-refractivity contribution < 1.29 is 0 Å². The van der Waals surface area contributed by atoms with Crippen molar-refractivity contribution in [3.05, 3.63) is 40.1 Å². The van der Waals surface area contributed by atoms with Gasteiger partial charge >= 0.3 is 0 Å². The summed E-state index contributed by atoms with van der Waals surface area (Å²) in [4.78, 5) is 8.23. The normalized spacial score (nSPS) is 10.8. The minimum Gasteiger partial charge on any atom is -0.383 e. The van der Waals surface area contributed by atoms with Crippen LogP contribution >= 0.6 is 23.2 Å². The van der Waals surface area contributed by atoms with E-state index >= 15 is 0 Å². The lowest BCUT2D eigenvalue weighted by Gasteiger charge is -2.15. The summed E-state index contributed by atoms with van der Waals surface area (Å²) < 4.78 is 0. The number of hydrogen-bond donors (Lipinski definition) is 2. The van der Waals surface area contributed by atoms with Crippen molar-refractivity contribution in [1.82, 2.24) is 9.97 Å². The SMILES string of the molecule is CC(C)c1c(N)ncnc1Nc1cc(Cl)ccc1Cl. The van der Waals surface area contributed by atoms with Crippen LogP contribution in [-0.4, -0.2) is 9.97 Å². The van der Waals surface area contributed by atoms with E-state index in [1.165, 1.54) is 6.33 Å². The first-order valence-corrected chi connectivity index (χ1v) is 6.57. The maximum Gasteiger partial charge on any atom is 0.139 e. The van der Waals surface area contributed by atoms with Crippen molar-refractivity contribution >= 4 is 40.5 Å². The van der Waals surface area contributed by atoms with Gasteiger partial charge in [-0.25, -0.2) is 9.97 Å². The zero-order valence-electron chi connectivity index (χ0n) is 10.6. The van der Waals surface area contributed by atoms with Crippen LogP contribution in [-0.2, 0) is 0 Å². The van der Waals surface area contributed by atoms with Gasteiger partial charge in [0.2, 0.25) is 0 Å². The molecule has 0 aliphatic heterocycles. The number of nitrogens with zero attached hydrogens (tertiary/aromatic N) is 2. The molecule has 100 valence electrons. The quantitative estimate of drug-likeness (QED) is 0.889. The Morgan fingerprint density at radius 2 is 1.95 bits per heavy atom. The number of rotatable bonds is 3. The molecule has 0 unspecified atom stereocenters. The summed E-state index contributed by atoms with van der Waals surface area (Å²) in [6.45, 7) is 4.06. The van der Waals surface area contributed by atoms with Crippen molar-refractivity contribution in [2.75, 3.05) is 11.1 Å². The molecule has 0 radical (unpaired) electrons. The standard InChI is InChI=1S/C13H14Cl2N4/c1-7(2)11-12(16)17-6-18-13(11)19-10-5-8(14)3-4-9(10)15/h3-7H,1-2H3,(H3,16,17,18,19). The third-order valence-corrected chi connectivity index (χ3v) is 3.24. The van der Waals surface area contributed by atoms with Crippen molar-refractivity contribution in [1.29, 1.82) is 0 Å². The Morgan fingerprint density at radius 3 is 2.63 bits per heavy atom. The minimum absolute atomic E-state index is 0.196. The highest BCUT2D eigenvalue weighted by atomic mass is 35.5. The van der Waals surface area contributed by atoms with Gasteiger partial charge in [-0.05, 0) is 24.1 Å². The second-order valence-electron chi connectivity index (χ2n) is 4.43. The summed E-state index contributed by atoms with van der Waals surface area (Å²) >= 11 is 12.1. The Balaban J connectivity index is 2.44. The first-order chi connectivity index (χ1) is 8.99. The predicted octanol–water partition coefficient (Wildman–Crippen LogP) is 4.23. The highest BCUT2D eigenvalue weighted by Crippen LogP contribution is 2.32. The summed E-state index contributed by atoms with van der Waals surface area (Å²) in [6.07, 6.45) is 1.42. The molecule has 1 aromatic heterocycles. The summed E-state index contributed by atoms with van der Waals surface area (Å²) in [6, 6.07) is 5.20. The second kappa shape index (κ2) is 5.63. The number of nitrogens with one attached hydrogen (secondary N) is 1. The molecule has 6 heteroatoms. The lowest BCUT2D eigenvalue weighted by Crippen LogP contribution is -2.06. The molecule has 0 fully saturated rings. The molecule has 1 heterocycles. The van der Waals surface area contributed by atoms with Gasteiger partial charge in [0.05, 0.1) is 10.7 Å². The molecular weight excluding hydrogens is 283 g/mol. The van der Waals surface area contributed by atoms with Crippen LogP contribution in [0.2, 0.25) is 10.0 Å². The Hall–Kier alpha value is -1.52. The molecule has 3 N–H and O–H groups in total. The van der Waals surface area contributed by atoms with E-state index in [0.717, 1.165) is 5.56 Å². The number of benzene rings is 1. The van der Waals surface area contributed by atoms with Gasteiger partial charge in [-0.3, -0.25) is 0 Å². The van der Waals surface area contributed by atoms with Gasteiger partial charge in [0, 0.05) is 10.6 Å². The fourth-order valence-electron chi connectivity index (χ4n) is 1.80. The number of hydrogen-bond acceptors (Lipinski definition) is 4. The molecule has 0 aliphatic carbocycles. The van der Waals surface area contributed by atoms with Gasteiger partial charge < -0.3 is 11.1 Å². The fraction of sp³-hybridized carbons (Fsp3) is 0.231. The molecule has 0 saturated carbocycles. The smallest absolute Gasteiger partial charge is 0.139 e. The van der Waals surface area contributed by atoms with Gasteiger partial charge in [-0.1, -0.05) is 37.0 Å². The van der Waals surface area contributed by atoms with E-state index in [1.807, 2.05) is 13.8 Å². The highest BCUT2D eigenvalue weighted by molar-refractivity contribution is 6.35. The zero-order valence-corrected chi connectivity index (χ0v) is 12.1. The molecule has 0 bridgehead atoms. The van der Waals surface area contributed by atoms with Crippen LogP contribution in [0.3, 0.4) is 0 Å². The second-order valence-corrected chi connectivity index (χ2v) is 5.27. The first-order valence-electron chi connectivity index (χ1n) is 5.81. The maximum atomic E-state index is 6.12. The van der Waals surface area contributed by atoms with Crippen molar-refractivity contribution in [2.24, 2.45) is 0 Å². The monoisotopic (exact) mass is 296 g/mol.